The van der Waals surface area contributed by atoms with Crippen LogP contribution in [0, 0.1) is 0 Å². The molecule has 1 aliphatic rings. The summed E-state index contributed by atoms with van der Waals surface area (Å²) in [5.41, 5.74) is 7.90. The summed E-state index contributed by atoms with van der Waals surface area (Å²) in [6.07, 6.45) is 4.81. The molecule has 0 aliphatic carbocycles. The van der Waals surface area contributed by atoms with Crippen LogP contribution in [0.2, 0.25) is 0 Å². The van der Waals surface area contributed by atoms with Crippen LogP contribution in [0.4, 0.5) is 0 Å². The van der Waals surface area contributed by atoms with Crippen molar-refractivity contribution in [1.82, 2.24) is 14.5 Å². The SMILES string of the molecule is NC(=S)c1ccccc1Cn1ccnc1CCN1CCOCC1. The fourth-order valence-corrected chi connectivity index (χ4v) is 3.08. The molecule has 1 aromatic carbocycles. The van der Waals surface area contributed by atoms with Gasteiger partial charge < -0.3 is 15.0 Å². The molecule has 1 saturated heterocycles. The molecule has 6 heteroatoms. The highest BCUT2D eigenvalue weighted by Crippen LogP contribution is 2.12. The van der Waals surface area contributed by atoms with Gasteiger partial charge in [-0.25, -0.2) is 4.98 Å². The van der Waals surface area contributed by atoms with Crippen molar-refractivity contribution in [1.29, 1.82) is 0 Å². The van der Waals surface area contributed by atoms with E-state index in [9.17, 15) is 0 Å². The van der Waals surface area contributed by atoms with Gasteiger partial charge in [-0.15, -0.1) is 0 Å². The van der Waals surface area contributed by atoms with Crippen LogP contribution in [0.3, 0.4) is 0 Å². The quantitative estimate of drug-likeness (QED) is 0.812. The Morgan fingerprint density at radius 3 is 2.83 bits per heavy atom. The lowest BCUT2D eigenvalue weighted by Crippen LogP contribution is -2.37. The lowest BCUT2D eigenvalue weighted by atomic mass is 10.1. The van der Waals surface area contributed by atoms with E-state index in [-0.39, 0.29) is 0 Å². The van der Waals surface area contributed by atoms with Gasteiger partial charge in [0.1, 0.15) is 10.8 Å². The predicted molar refractivity (Wildman–Crippen MR) is 94.6 cm³/mol. The minimum absolute atomic E-state index is 0.440. The molecule has 23 heavy (non-hydrogen) atoms. The number of morpholine rings is 1. The first-order valence-electron chi connectivity index (χ1n) is 7.92. The molecule has 0 bridgehead atoms. The maximum absolute atomic E-state index is 5.83. The molecular formula is C17H22N4OS. The summed E-state index contributed by atoms with van der Waals surface area (Å²) >= 11 is 5.15. The zero-order valence-corrected chi connectivity index (χ0v) is 14.0. The van der Waals surface area contributed by atoms with Gasteiger partial charge >= 0.3 is 0 Å². The Bertz CT molecular complexity index is 664. The van der Waals surface area contributed by atoms with E-state index in [1.54, 1.807) is 0 Å². The smallest absolute Gasteiger partial charge is 0.110 e. The molecule has 0 spiro atoms. The predicted octanol–water partition coefficient (Wildman–Crippen LogP) is 1.44. The van der Waals surface area contributed by atoms with Gasteiger partial charge in [0.05, 0.1) is 13.2 Å². The largest absolute Gasteiger partial charge is 0.389 e. The topological polar surface area (TPSA) is 56.3 Å². The first-order chi connectivity index (χ1) is 11.2. The second kappa shape index (κ2) is 7.68. The molecule has 0 radical (unpaired) electrons. The summed E-state index contributed by atoms with van der Waals surface area (Å²) in [4.78, 5) is 7.37. The van der Waals surface area contributed by atoms with E-state index in [0.717, 1.165) is 62.8 Å². The van der Waals surface area contributed by atoms with Gasteiger partial charge in [0.2, 0.25) is 0 Å². The first-order valence-corrected chi connectivity index (χ1v) is 8.32. The third kappa shape index (κ3) is 4.16. The Kier molecular flexibility index (Phi) is 5.38. The number of aromatic nitrogens is 2. The van der Waals surface area contributed by atoms with Crippen molar-refractivity contribution in [2.24, 2.45) is 5.73 Å². The van der Waals surface area contributed by atoms with Crippen molar-refractivity contribution in [2.75, 3.05) is 32.8 Å². The van der Waals surface area contributed by atoms with E-state index >= 15 is 0 Å². The Hall–Kier alpha value is -1.76. The van der Waals surface area contributed by atoms with Crippen molar-refractivity contribution in [3.8, 4) is 0 Å². The number of hydrogen-bond donors (Lipinski definition) is 1. The van der Waals surface area contributed by atoms with Gasteiger partial charge in [-0.2, -0.15) is 0 Å². The maximum Gasteiger partial charge on any atom is 0.110 e. The maximum atomic E-state index is 5.83. The van der Waals surface area contributed by atoms with Crippen LogP contribution in [0.1, 0.15) is 17.0 Å². The van der Waals surface area contributed by atoms with Gasteiger partial charge in [-0.1, -0.05) is 36.5 Å². The molecule has 2 N–H and O–H groups in total. The Labute approximate surface area is 142 Å². The first kappa shape index (κ1) is 16.1. The molecule has 0 amide bonds. The molecule has 2 aromatic rings. The fourth-order valence-electron chi connectivity index (χ4n) is 2.88. The van der Waals surface area contributed by atoms with Gasteiger partial charge in [0.15, 0.2) is 0 Å². The highest BCUT2D eigenvalue weighted by Gasteiger charge is 2.12. The number of imidazole rings is 1. The molecule has 0 saturated carbocycles. The normalized spacial score (nSPS) is 15.7. The number of thiocarbonyl (C=S) groups is 1. The molecule has 1 aliphatic heterocycles. The van der Waals surface area contributed by atoms with Gasteiger partial charge in [0, 0.05) is 50.6 Å². The molecular weight excluding hydrogens is 308 g/mol. The third-order valence-electron chi connectivity index (χ3n) is 4.18. The highest BCUT2D eigenvalue weighted by atomic mass is 32.1. The molecule has 122 valence electrons. The summed E-state index contributed by atoms with van der Waals surface area (Å²) in [6.45, 7) is 5.42. The third-order valence-corrected chi connectivity index (χ3v) is 4.40. The number of benzene rings is 1. The van der Waals surface area contributed by atoms with Crippen LogP contribution >= 0.6 is 12.2 Å². The zero-order valence-electron chi connectivity index (χ0n) is 13.1. The van der Waals surface area contributed by atoms with Crippen LogP contribution in [0.25, 0.3) is 0 Å². The second-order valence-electron chi connectivity index (χ2n) is 5.70. The number of ether oxygens (including phenoxy) is 1. The number of rotatable bonds is 6. The van der Waals surface area contributed by atoms with Crippen molar-refractivity contribution in [3.05, 3.63) is 53.6 Å². The fraction of sp³-hybridized carbons (Fsp3) is 0.412. The van der Waals surface area contributed by atoms with E-state index < -0.39 is 0 Å². The summed E-state index contributed by atoms with van der Waals surface area (Å²) in [6, 6.07) is 8.02. The Morgan fingerprint density at radius 2 is 2.04 bits per heavy atom. The molecule has 1 fully saturated rings. The number of nitrogens with two attached hydrogens (primary N) is 1. The minimum atomic E-state index is 0.440. The summed E-state index contributed by atoms with van der Waals surface area (Å²) in [5.74, 6) is 1.09. The molecule has 0 unspecified atom stereocenters. The molecule has 3 rings (SSSR count). The molecule has 0 atom stereocenters. The zero-order chi connectivity index (χ0) is 16.1. The van der Waals surface area contributed by atoms with Crippen LogP contribution in [0.15, 0.2) is 36.7 Å². The summed E-state index contributed by atoms with van der Waals surface area (Å²) < 4.78 is 7.57. The number of hydrogen-bond acceptors (Lipinski definition) is 4. The summed E-state index contributed by atoms with van der Waals surface area (Å²) in [5, 5.41) is 0. The minimum Gasteiger partial charge on any atom is -0.389 e. The monoisotopic (exact) mass is 330 g/mol. The average molecular weight is 330 g/mol. The lowest BCUT2D eigenvalue weighted by Gasteiger charge is -2.26. The summed E-state index contributed by atoms with van der Waals surface area (Å²) in [7, 11) is 0. The van der Waals surface area contributed by atoms with Gasteiger partial charge in [-0.3, -0.25) is 4.90 Å². The second-order valence-corrected chi connectivity index (χ2v) is 6.14. The van der Waals surface area contributed by atoms with Gasteiger partial charge in [-0.05, 0) is 5.56 Å². The average Bonchev–Trinajstić information content (AvgIpc) is 3.01. The van der Waals surface area contributed by atoms with Gasteiger partial charge in [0.25, 0.3) is 0 Å². The van der Waals surface area contributed by atoms with E-state index in [2.05, 4.69) is 20.5 Å². The lowest BCUT2D eigenvalue weighted by molar-refractivity contribution is 0.0381. The van der Waals surface area contributed by atoms with Crippen molar-refractivity contribution in [3.63, 3.8) is 0 Å². The Balaban J connectivity index is 1.67. The molecule has 5 nitrogen and oxygen atoms in total. The van der Waals surface area contributed by atoms with Crippen molar-refractivity contribution in [2.45, 2.75) is 13.0 Å². The Morgan fingerprint density at radius 1 is 1.26 bits per heavy atom. The van der Waals surface area contributed by atoms with Crippen molar-refractivity contribution >= 4 is 17.2 Å². The number of nitrogens with zero attached hydrogens (tertiary/aromatic N) is 3. The molecule has 1 aromatic heterocycles. The molecule has 2 heterocycles. The standard InChI is InChI=1S/C17H22N4OS/c18-17(23)15-4-2-1-3-14(15)13-21-8-6-19-16(21)5-7-20-9-11-22-12-10-20/h1-4,6,8H,5,7,9-13H2,(H2,18,23). The van der Waals surface area contributed by atoms with Crippen LogP contribution in [-0.2, 0) is 17.7 Å². The van der Waals surface area contributed by atoms with Crippen LogP contribution < -0.4 is 5.73 Å². The van der Waals surface area contributed by atoms with Crippen LogP contribution in [0.5, 0.6) is 0 Å². The van der Waals surface area contributed by atoms with E-state index in [1.807, 2.05) is 30.6 Å². The van der Waals surface area contributed by atoms with Crippen LogP contribution in [-0.4, -0.2) is 52.3 Å². The van der Waals surface area contributed by atoms with E-state index in [1.165, 1.54) is 0 Å². The van der Waals surface area contributed by atoms with E-state index in [0.29, 0.717) is 4.99 Å². The highest BCUT2D eigenvalue weighted by molar-refractivity contribution is 7.80. The van der Waals surface area contributed by atoms with E-state index in [4.69, 9.17) is 22.7 Å². The van der Waals surface area contributed by atoms with Crippen molar-refractivity contribution < 1.29 is 4.74 Å².